The summed E-state index contributed by atoms with van der Waals surface area (Å²) in [6.07, 6.45) is 4.43. The molecule has 2 rings (SSSR count). The third-order valence-corrected chi connectivity index (χ3v) is 4.96. The molecule has 1 aliphatic carbocycles. The number of hydrogen-bond donors (Lipinski definition) is 0. The fourth-order valence-corrected chi connectivity index (χ4v) is 3.03. The van der Waals surface area contributed by atoms with E-state index in [-0.39, 0.29) is 5.91 Å². The molecular formula is C14H16Br2ClNO. The molecule has 0 aliphatic heterocycles. The van der Waals surface area contributed by atoms with Gasteiger partial charge in [0.1, 0.15) is 0 Å². The van der Waals surface area contributed by atoms with Crippen LogP contribution in [-0.2, 0) is 0 Å². The first kappa shape index (κ1) is 15.3. The van der Waals surface area contributed by atoms with Crippen LogP contribution in [0.25, 0.3) is 0 Å². The molecule has 1 aromatic rings. The molecule has 0 radical (unpaired) electrons. The number of carbonyl (C=O) groups excluding carboxylic acids is 1. The molecule has 1 fully saturated rings. The highest BCUT2D eigenvalue weighted by Crippen LogP contribution is 2.29. The summed E-state index contributed by atoms with van der Waals surface area (Å²) in [4.78, 5) is 14.7. The molecule has 0 bridgehead atoms. The number of rotatable bonds is 5. The molecule has 1 amide bonds. The minimum absolute atomic E-state index is 0.0834. The average Bonchev–Trinajstić information content (AvgIpc) is 2.34. The Labute approximate surface area is 135 Å². The molecule has 5 heteroatoms. The fraction of sp³-hybridized carbons (Fsp3) is 0.500. The predicted molar refractivity (Wildman–Crippen MR) is 86.2 cm³/mol. The normalized spacial score (nSPS) is 15.1. The van der Waals surface area contributed by atoms with Crippen LogP contribution in [0.4, 0.5) is 0 Å². The number of hydrogen-bond acceptors (Lipinski definition) is 1. The number of amides is 1. The van der Waals surface area contributed by atoms with Crippen LogP contribution in [0.5, 0.6) is 0 Å². The van der Waals surface area contributed by atoms with Gasteiger partial charge in [0.15, 0.2) is 0 Å². The maximum absolute atomic E-state index is 12.7. The van der Waals surface area contributed by atoms with Crippen molar-refractivity contribution in [3.63, 3.8) is 0 Å². The Kier molecular flexibility index (Phi) is 5.72. The van der Waals surface area contributed by atoms with E-state index in [1.54, 1.807) is 12.1 Å². The van der Waals surface area contributed by atoms with Gasteiger partial charge in [-0.3, -0.25) is 4.79 Å². The summed E-state index contributed by atoms with van der Waals surface area (Å²) in [5.41, 5.74) is 0.661. The molecule has 0 unspecified atom stereocenters. The van der Waals surface area contributed by atoms with Gasteiger partial charge in [-0.1, -0.05) is 27.5 Å². The van der Waals surface area contributed by atoms with Crippen molar-refractivity contribution in [2.45, 2.75) is 31.7 Å². The third kappa shape index (κ3) is 3.73. The van der Waals surface area contributed by atoms with Crippen molar-refractivity contribution >= 4 is 49.4 Å². The lowest BCUT2D eigenvalue weighted by atomic mass is 9.91. The number of alkyl halides is 1. The molecular weight excluding hydrogens is 393 g/mol. The lowest BCUT2D eigenvalue weighted by Crippen LogP contribution is -2.45. The second-order valence-electron chi connectivity index (χ2n) is 4.75. The summed E-state index contributed by atoms with van der Waals surface area (Å²) in [6.45, 7) is 0.799. The van der Waals surface area contributed by atoms with Crippen molar-refractivity contribution in [3.05, 3.63) is 33.3 Å². The Hall–Kier alpha value is -0.0600. The van der Waals surface area contributed by atoms with Crippen molar-refractivity contribution in [2.24, 2.45) is 0 Å². The molecule has 1 aromatic carbocycles. The minimum Gasteiger partial charge on any atom is -0.336 e. The van der Waals surface area contributed by atoms with Crippen LogP contribution in [0.3, 0.4) is 0 Å². The van der Waals surface area contributed by atoms with Crippen LogP contribution in [0.15, 0.2) is 22.7 Å². The van der Waals surface area contributed by atoms with Gasteiger partial charge in [0.25, 0.3) is 5.91 Å². The Bertz CT molecular complexity index is 463. The van der Waals surface area contributed by atoms with Gasteiger partial charge in [-0.15, -0.1) is 0 Å². The molecule has 0 aromatic heterocycles. The van der Waals surface area contributed by atoms with Gasteiger partial charge in [0.05, 0.1) is 5.56 Å². The zero-order chi connectivity index (χ0) is 13.8. The molecule has 104 valence electrons. The van der Waals surface area contributed by atoms with Crippen molar-refractivity contribution in [2.75, 3.05) is 11.9 Å². The second kappa shape index (κ2) is 7.09. The SMILES string of the molecule is O=C(c1cc(Cl)ccc1Br)N(CCCBr)C1CCC1. The standard InChI is InChI=1S/C14H16Br2ClNO/c15-7-2-8-18(11-3-1-4-11)14(19)12-9-10(17)5-6-13(12)16/h5-6,9,11H,1-4,7-8H2. The number of carbonyl (C=O) groups is 1. The summed E-state index contributed by atoms with van der Waals surface area (Å²) in [5, 5.41) is 1.51. The molecule has 0 N–H and O–H groups in total. The molecule has 1 saturated carbocycles. The second-order valence-corrected chi connectivity index (χ2v) is 6.83. The topological polar surface area (TPSA) is 20.3 Å². The minimum atomic E-state index is 0.0834. The molecule has 2 nitrogen and oxygen atoms in total. The monoisotopic (exact) mass is 407 g/mol. The quantitative estimate of drug-likeness (QED) is 0.635. The number of benzene rings is 1. The highest BCUT2D eigenvalue weighted by atomic mass is 79.9. The van der Waals surface area contributed by atoms with E-state index >= 15 is 0 Å². The summed E-state index contributed by atoms with van der Waals surface area (Å²) in [5.74, 6) is 0.0834. The zero-order valence-electron chi connectivity index (χ0n) is 10.5. The van der Waals surface area contributed by atoms with Crippen molar-refractivity contribution in [1.82, 2.24) is 4.90 Å². The molecule has 19 heavy (non-hydrogen) atoms. The number of nitrogens with zero attached hydrogens (tertiary/aromatic N) is 1. The molecule has 0 saturated heterocycles. The van der Waals surface area contributed by atoms with E-state index in [1.807, 2.05) is 11.0 Å². The summed E-state index contributed by atoms with van der Waals surface area (Å²) < 4.78 is 0.810. The van der Waals surface area contributed by atoms with Crippen LogP contribution in [0.2, 0.25) is 5.02 Å². The van der Waals surface area contributed by atoms with E-state index in [9.17, 15) is 4.79 Å². The zero-order valence-corrected chi connectivity index (χ0v) is 14.5. The first-order valence-electron chi connectivity index (χ1n) is 6.45. The first-order valence-corrected chi connectivity index (χ1v) is 8.74. The fourth-order valence-electron chi connectivity index (χ4n) is 2.19. The van der Waals surface area contributed by atoms with Gasteiger partial charge in [-0.2, -0.15) is 0 Å². The summed E-state index contributed by atoms with van der Waals surface area (Å²) >= 11 is 12.9. The largest absolute Gasteiger partial charge is 0.336 e. The maximum atomic E-state index is 12.7. The summed E-state index contributed by atoms with van der Waals surface area (Å²) in [7, 11) is 0. The van der Waals surface area contributed by atoms with Gasteiger partial charge < -0.3 is 4.90 Å². The molecule has 0 spiro atoms. The third-order valence-electron chi connectivity index (χ3n) is 3.47. The molecule has 0 atom stereocenters. The smallest absolute Gasteiger partial charge is 0.255 e. The van der Waals surface area contributed by atoms with E-state index in [0.717, 1.165) is 35.6 Å². The van der Waals surface area contributed by atoms with Crippen molar-refractivity contribution in [1.29, 1.82) is 0 Å². The Morgan fingerprint density at radius 1 is 1.42 bits per heavy atom. The van der Waals surface area contributed by atoms with E-state index in [2.05, 4.69) is 31.9 Å². The highest BCUT2D eigenvalue weighted by molar-refractivity contribution is 9.10. The van der Waals surface area contributed by atoms with Crippen LogP contribution in [0, 0.1) is 0 Å². The van der Waals surface area contributed by atoms with Gasteiger partial charge in [0, 0.05) is 27.4 Å². The Morgan fingerprint density at radius 3 is 2.74 bits per heavy atom. The van der Waals surface area contributed by atoms with E-state index in [0.29, 0.717) is 16.6 Å². The lowest BCUT2D eigenvalue weighted by molar-refractivity contribution is 0.0580. The van der Waals surface area contributed by atoms with Crippen LogP contribution >= 0.6 is 43.5 Å². The van der Waals surface area contributed by atoms with Gasteiger partial charge >= 0.3 is 0 Å². The first-order chi connectivity index (χ1) is 9.13. The lowest BCUT2D eigenvalue weighted by Gasteiger charge is -2.37. The summed E-state index contributed by atoms with van der Waals surface area (Å²) in [6, 6.07) is 5.76. The predicted octanol–water partition coefficient (Wildman–Crippen LogP) is 4.88. The van der Waals surface area contributed by atoms with Gasteiger partial charge in [-0.25, -0.2) is 0 Å². The van der Waals surface area contributed by atoms with E-state index < -0.39 is 0 Å². The van der Waals surface area contributed by atoms with Crippen LogP contribution in [0.1, 0.15) is 36.0 Å². The van der Waals surface area contributed by atoms with E-state index in [4.69, 9.17) is 11.6 Å². The molecule has 0 heterocycles. The van der Waals surface area contributed by atoms with Crippen molar-refractivity contribution < 1.29 is 4.79 Å². The number of halogens is 3. The van der Waals surface area contributed by atoms with Crippen LogP contribution in [-0.4, -0.2) is 28.7 Å². The maximum Gasteiger partial charge on any atom is 0.255 e. The highest BCUT2D eigenvalue weighted by Gasteiger charge is 2.29. The Morgan fingerprint density at radius 2 is 2.16 bits per heavy atom. The van der Waals surface area contributed by atoms with E-state index in [1.165, 1.54) is 6.42 Å². The Balaban J connectivity index is 2.19. The van der Waals surface area contributed by atoms with Crippen LogP contribution < -0.4 is 0 Å². The molecule has 1 aliphatic rings. The van der Waals surface area contributed by atoms with Crippen molar-refractivity contribution in [3.8, 4) is 0 Å². The average molecular weight is 410 g/mol. The van der Waals surface area contributed by atoms with Gasteiger partial charge in [-0.05, 0) is 59.8 Å². The van der Waals surface area contributed by atoms with Gasteiger partial charge in [0.2, 0.25) is 0 Å².